The summed E-state index contributed by atoms with van der Waals surface area (Å²) in [6.07, 6.45) is 4.17. The molecule has 10 heteroatoms. The second-order valence-electron chi connectivity index (χ2n) is 6.63. The van der Waals surface area contributed by atoms with Gasteiger partial charge in [0.15, 0.2) is 0 Å². The number of nitrogens with one attached hydrogen (secondary N) is 2. The van der Waals surface area contributed by atoms with E-state index < -0.39 is 17.8 Å². The molecule has 0 unspecified atom stereocenters. The fourth-order valence-corrected chi connectivity index (χ4v) is 3.23. The minimum absolute atomic E-state index is 0.212. The van der Waals surface area contributed by atoms with Gasteiger partial charge in [0, 0.05) is 21.8 Å². The highest BCUT2D eigenvalue weighted by molar-refractivity contribution is 9.10. The van der Waals surface area contributed by atoms with E-state index in [0.29, 0.717) is 20.7 Å². The first-order valence-corrected chi connectivity index (χ1v) is 11.2. The van der Waals surface area contributed by atoms with Crippen molar-refractivity contribution >= 4 is 74.9 Å². The van der Waals surface area contributed by atoms with Crippen LogP contribution in [0, 0.1) is 0 Å². The third-order valence-corrected chi connectivity index (χ3v) is 5.38. The Morgan fingerprint density at radius 1 is 0.912 bits per heavy atom. The van der Waals surface area contributed by atoms with Crippen LogP contribution in [0.4, 0.5) is 5.69 Å². The molecule has 34 heavy (non-hydrogen) atoms. The number of amides is 2. The average molecular weight is 561 g/mol. The van der Waals surface area contributed by atoms with Crippen molar-refractivity contribution in [2.45, 2.75) is 0 Å². The number of carbonyl (C=O) groups excluding carboxylic acids is 3. The summed E-state index contributed by atoms with van der Waals surface area (Å²) in [5.41, 5.74) is 3.64. The first-order valence-electron chi connectivity index (χ1n) is 9.66. The maximum Gasteiger partial charge on any atom is 0.336 e. The predicted octanol–water partition coefficient (Wildman–Crippen LogP) is 5.46. The largest absolute Gasteiger partial charge is 0.423 e. The molecular weight excluding hydrogens is 545 g/mol. The van der Waals surface area contributed by atoms with Crippen molar-refractivity contribution in [1.82, 2.24) is 5.43 Å². The second-order valence-corrected chi connectivity index (χ2v) is 8.36. The van der Waals surface area contributed by atoms with Crippen LogP contribution in [0.2, 0.25) is 10.0 Å². The summed E-state index contributed by atoms with van der Waals surface area (Å²) in [5.74, 6) is -2.35. The fourth-order valence-electron chi connectivity index (χ4n) is 2.56. The van der Waals surface area contributed by atoms with Crippen LogP contribution in [-0.4, -0.2) is 24.0 Å². The van der Waals surface area contributed by atoms with Gasteiger partial charge in [-0.25, -0.2) is 10.2 Å². The quantitative estimate of drug-likeness (QED) is 0.104. The molecule has 0 bridgehead atoms. The van der Waals surface area contributed by atoms with Gasteiger partial charge in [-0.15, -0.1) is 0 Å². The Morgan fingerprint density at radius 3 is 2.41 bits per heavy atom. The zero-order chi connectivity index (χ0) is 24.5. The number of esters is 1. The molecule has 0 atom stereocenters. The van der Waals surface area contributed by atoms with Crippen molar-refractivity contribution in [3.05, 3.63) is 98.5 Å². The van der Waals surface area contributed by atoms with Gasteiger partial charge in [0.25, 0.3) is 0 Å². The van der Waals surface area contributed by atoms with Crippen LogP contribution in [0.15, 0.2) is 82.4 Å². The Kier molecular flexibility index (Phi) is 8.98. The molecule has 3 rings (SSSR count). The van der Waals surface area contributed by atoms with E-state index in [1.807, 2.05) is 30.3 Å². The molecule has 172 valence electrons. The minimum atomic E-state index is -1.01. The summed E-state index contributed by atoms with van der Waals surface area (Å²) in [6.45, 7) is 0. The summed E-state index contributed by atoms with van der Waals surface area (Å²) < 4.78 is 6.07. The van der Waals surface area contributed by atoms with E-state index in [4.69, 9.17) is 27.9 Å². The van der Waals surface area contributed by atoms with Crippen LogP contribution in [0.5, 0.6) is 5.75 Å². The van der Waals surface area contributed by atoms with Gasteiger partial charge in [-0.05, 0) is 48.0 Å². The Hall–Kier alpha value is -3.46. The number of carbonyl (C=O) groups is 3. The third kappa shape index (κ3) is 7.55. The molecule has 7 nitrogen and oxygen atoms in total. The first kappa shape index (κ1) is 25.2. The van der Waals surface area contributed by atoms with Crippen molar-refractivity contribution in [3.8, 4) is 5.75 Å². The zero-order valence-electron chi connectivity index (χ0n) is 17.3. The van der Waals surface area contributed by atoms with Crippen molar-refractivity contribution < 1.29 is 19.1 Å². The monoisotopic (exact) mass is 559 g/mol. The maximum absolute atomic E-state index is 12.2. The summed E-state index contributed by atoms with van der Waals surface area (Å²) in [5, 5.41) is 6.70. The van der Waals surface area contributed by atoms with Gasteiger partial charge < -0.3 is 10.1 Å². The molecule has 0 saturated carbocycles. The molecular formula is C24H16BrCl2N3O4. The number of hydrogen-bond donors (Lipinski definition) is 2. The predicted molar refractivity (Wildman–Crippen MR) is 136 cm³/mol. The van der Waals surface area contributed by atoms with Gasteiger partial charge in [-0.3, -0.25) is 9.59 Å². The van der Waals surface area contributed by atoms with Crippen molar-refractivity contribution in [1.29, 1.82) is 0 Å². The highest BCUT2D eigenvalue weighted by Gasteiger charge is 2.14. The van der Waals surface area contributed by atoms with E-state index in [1.165, 1.54) is 30.5 Å². The minimum Gasteiger partial charge on any atom is -0.423 e. The summed E-state index contributed by atoms with van der Waals surface area (Å²) >= 11 is 15.0. The van der Waals surface area contributed by atoms with Gasteiger partial charge in [0.05, 0.1) is 16.3 Å². The smallest absolute Gasteiger partial charge is 0.336 e. The van der Waals surface area contributed by atoms with Crippen LogP contribution in [-0.2, 0) is 14.4 Å². The number of hydrogen-bond acceptors (Lipinski definition) is 5. The highest BCUT2D eigenvalue weighted by atomic mass is 79.9. The normalized spacial score (nSPS) is 10.9. The number of benzene rings is 3. The van der Waals surface area contributed by atoms with Crippen LogP contribution in [0.1, 0.15) is 11.1 Å². The molecule has 0 aliphatic rings. The molecule has 3 aromatic rings. The fraction of sp³-hybridized carbons (Fsp3) is 0. The first-order chi connectivity index (χ1) is 16.3. The lowest BCUT2D eigenvalue weighted by Crippen LogP contribution is -2.32. The SMILES string of the molecule is O=C(/C=C/c1ccccc1)Oc1ccc(Br)cc1/C=N\NC(=O)C(=O)Nc1ccc(Cl)c(Cl)c1. The molecule has 2 N–H and O–H groups in total. The zero-order valence-corrected chi connectivity index (χ0v) is 20.4. The molecule has 3 aromatic carbocycles. The van der Waals surface area contributed by atoms with Gasteiger partial charge >= 0.3 is 17.8 Å². The van der Waals surface area contributed by atoms with E-state index in [0.717, 1.165) is 5.56 Å². The molecule has 0 saturated heterocycles. The third-order valence-electron chi connectivity index (χ3n) is 4.15. The lowest BCUT2D eigenvalue weighted by atomic mass is 10.2. The lowest BCUT2D eigenvalue weighted by molar-refractivity contribution is -0.136. The molecule has 0 radical (unpaired) electrons. The standard InChI is InChI=1S/C24H16BrCl2N3O4/c25-17-7-10-21(34-22(31)11-6-15-4-2-1-3-5-15)16(12-17)14-28-30-24(33)23(32)29-18-8-9-19(26)20(27)13-18/h1-14H,(H,29,32)(H,30,33)/b11-6+,28-14-. The Bertz CT molecular complexity index is 1280. The maximum atomic E-state index is 12.2. The van der Waals surface area contributed by atoms with Gasteiger partial charge in [-0.2, -0.15) is 5.10 Å². The number of halogens is 3. The number of anilines is 1. The van der Waals surface area contributed by atoms with E-state index in [2.05, 4.69) is 31.8 Å². The summed E-state index contributed by atoms with van der Waals surface area (Å²) in [4.78, 5) is 36.3. The molecule has 0 fully saturated rings. The molecule has 0 aromatic heterocycles. The number of ether oxygens (including phenoxy) is 1. The van der Waals surface area contributed by atoms with E-state index in [9.17, 15) is 14.4 Å². The van der Waals surface area contributed by atoms with E-state index >= 15 is 0 Å². The number of hydrazone groups is 1. The Balaban J connectivity index is 1.62. The van der Waals surface area contributed by atoms with Gasteiger partial charge in [0.1, 0.15) is 5.75 Å². The number of rotatable bonds is 6. The average Bonchev–Trinajstić information content (AvgIpc) is 2.82. The van der Waals surface area contributed by atoms with Crippen LogP contribution in [0.25, 0.3) is 6.08 Å². The van der Waals surface area contributed by atoms with Crippen LogP contribution >= 0.6 is 39.1 Å². The molecule has 0 spiro atoms. The number of nitrogens with zero attached hydrogens (tertiary/aromatic N) is 1. The van der Waals surface area contributed by atoms with Crippen LogP contribution < -0.4 is 15.5 Å². The molecule has 0 aliphatic carbocycles. The van der Waals surface area contributed by atoms with Gasteiger partial charge in [0.2, 0.25) is 0 Å². The van der Waals surface area contributed by atoms with E-state index in [1.54, 1.807) is 24.3 Å². The lowest BCUT2D eigenvalue weighted by Gasteiger charge is -2.07. The Labute approximate surface area is 213 Å². The van der Waals surface area contributed by atoms with Gasteiger partial charge in [-0.1, -0.05) is 69.5 Å². The van der Waals surface area contributed by atoms with Crippen molar-refractivity contribution in [2.75, 3.05) is 5.32 Å². The van der Waals surface area contributed by atoms with Crippen molar-refractivity contribution in [3.63, 3.8) is 0 Å². The molecule has 0 aliphatic heterocycles. The van der Waals surface area contributed by atoms with Crippen LogP contribution in [0.3, 0.4) is 0 Å². The second kappa shape index (κ2) is 12.1. The highest BCUT2D eigenvalue weighted by Crippen LogP contribution is 2.25. The summed E-state index contributed by atoms with van der Waals surface area (Å²) in [6, 6.07) is 18.6. The summed E-state index contributed by atoms with van der Waals surface area (Å²) in [7, 11) is 0. The topological polar surface area (TPSA) is 96.9 Å². The van der Waals surface area contributed by atoms with Crippen molar-refractivity contribution in [2.24, 2.45) is 5.10 Å². The molecule has 2 amide bonds. The molecule has 0 heterocycles. The van der Waals surface area contributed by atoms with E-state index in [-0.39, 0.29) is 10.8 Å². The Morgan fingerprint density at radius 2 is 1.68 bits per heavy atom.